The second-order valence-corrected chi connectivity index (χ2v) is 6.44. The van der Waals surface area contributed by atoms with Crippen LogP contribution in [0.3, 0.4) is 0 Å². The monoisotopic (exact) mass is 297 g/mol. The Bertz CT molecular complexity index is 607. The first-order valence-corrected chi connectivity index (χ1v) is 8.20. The second-order valence-electron chi connectivity index (χ2n) is 3.87. The van der Waals surface area contributed by atoms with Gasteiger partial charge in [0.2, 0.25) is 0 Å². The summed E-state index contributed by atoms with van der Waals surface area (Å²) in [4.78, 5) is 4.14. The molecule has 0 unspecified atom stereocenters. The van der Waals surface area contributed by atoms with Gasteiger partial charge >= 0.3 is 0 Å². The molecule has 102 valence electrons. The van der Waals surface area contributed by atoms with E-state index in [9.17, 15) is 8.42 Å². The highest BCUT2D eigenvalue weighted by Crippen LogP contribution is 2.18. The predicted octanol–water partition coefficient (Wildman–Crippen LogP) is 2.05. The normalized spacial score (nSPS) is 11.4. The summed E-state index contributed by atoms with van der Waals surface area (Å²) in [7, 11) is -3.54. The number of thiazole rings is 1. The minimum atomic E-state index is -3.54. The van der Waals surface area contributed by atoms with Gasteiger partial charge < -0.3 is 5.32 Å². The lowest BCUT2D eigenvalue weighted by atomic mass is 10.2. The molecule has 0 aliphatic heterocycles. The van der Waals surface area contributed by atoms with Gasteiger partial charge in [-0.3, -0.25) is 4.72 Å². The molecule has 19 heavy (non-hydrogen) atoms. The van der Waals surface area contributed by atoms with E-state index in [1.165, 1.54) is 11.3 Å². The van der Waals surface area contributed by atoms with Crippen molar-refractivity contribution in [2.75, 3.05) is 11.3 Å². The fraction of sp³-hybridized carbons (Fsp3) is 0.250. The van der Waals surface area contributed by atoms with Crippen LogP contribution in [0.2, 0.25) is 0 Å². The van der Waals surface area contributed by atoms with Crippen LogP contribution in [0.1, 0.15) is 12.5 Å². The Kier molecular flexibility index (Phi) is 4.52. The zero-order valence-corrected chi connectivity index (χ0v) is 12.1. The van der Waals surface area contributed by atoms with Crippen LogP contribution >= 0.6 is 11.3 Å². The van der Waals surface area contributed by atoms with Gasteiger partial charge in [-0.25, -0.2) is 13.4 Å². The summed E-state index contributed by atoms with van der Waals surface area (Å²) in [5.41, 5.74) is 1.05. The quantitative estimate of drug-likeness (QED) is 0.856. The van der Waals surface area contributed by atoms with Crippen LogP contribution in [0, 0.1) is 0 Å². The number of anilines is 1. The van der Waals surface area contributed by atoms with E-state index in [1.54, 1.807) is 35.8 Å². The molecule has 1 aromatic heterocycles. The summed E-state index contributed by atoms with van der Waals surface area (Å²) in [5.74, 6) is 0. The third kappa shape index (κ3) is 3.76. The van der Waals surface area contributed by atoms with E-state index in [1.807, 2.05) is 6.92 Å². The fourth-order valence-electron chi connectivity index (χ4n) is 1.50. The van der Waals surface area contributed by atoms with E-state index < -0.39 is 10.0 Å². The van der Waals surface area contributed by atoms with Crippen molar-refractivity contribution >= 4 is 26.5 Å². The van der Waals surface area contributed by atoms with Gasteiger partial charge in [0.25, 0.3) is 10.0 Å². The molecule has 0 saturated heterocycles. The molecule has 0 saturated carbocycles. The number of sulfonamides is 1. The van der Waals surface area contributed by atoms with Gasteiger partial charge in [0.1, 0.15) is 0 Å². The van der Waals surface area contributed by atoms with Gasteiger partial charge in [0, 0.05) is 18.1 Å². The van der Waals surface area contributed by atoms with E-state index in [0.717, 1.165) is 18.7 Å². The second kappa shape index (κ2) is 6.14. The molecule has 0 atom stereocenters. The van der Waals surface area contributed by atoms with Crippen LogP contribution in [0.15, 0.2) is 40.7 Å². The van der Waals surface area contributed by atoms with Crippen molar-refractivity contribution in [3.8, 4) is 0 Å². The van der Waals surface area contributed by atoms with Crippen LogP contribution in [0.5, 0.6) is 0 Å². The standard InChI is InChI=1S/C12H15N3O2S2/c1-2-13-9-10-3-5-11(6-4-10)19(16,17)15-12-14-7-8-18-12/h3-8,13H,2,9H2,1H3,(H,14,15). The summed E-state index contributed by atoms with van der Waals surface area (Å²) in [6.45, 7) is 3.64. The SMILES string of the molecule is CCNCc1ccc(S(=O)(=O)Nc2nccs2)cc1. The molecule has 0 spiro atoms. The van der Waals surface area contributed by atoms with Crippen LogP contribution in [-0.2, 0) is 16.6 Å². The molecule has 2 rings (SSSR count). The number of nitrogens with zero attached hydrogens (tertiary/aromatic N) is 1. The molecule has 2 N–H and O–H groups in total. The molecule has 0 radical (unpaired) electrons. The van der Waals surface area contributed by atoms with Gasteiger partial charge in [-0.15, -0.1) is 11.3 Å². The average Bonchev–Trinajstić information content (AvgIpc) is 2.89. The first-order chi connectivity index (χ1) is 9.12. The van der Waals surface area contributed by atoms with Crippen molar-refractivity contribution in [3.05, 3.63) is 41.4 Å². The van der Waals surface area contributed by atoms with E-state index in [4.69, 9.17) is 0 Å². The number of hydrogen-bond acceptors (Lipinski definition) is 5. The van der Waals surface area contributed by atoms with Crippen molar-refractivity contribution < 1.29 is 8.42 Å². The third-order valence-corrected chi connectivity index (χ3v) is 4.64. The zero-order chi connectivity index (χ0) is 13.7. The fourth-order valence-corrected chi connectivity index (χ4v) is 3.29. The lowest BCUT2D eigenvalue weighted by Crippen LogP contribution is -2.14. The molecular weight excluding hydrogens is 282 g/mol. The lowest BCUT2D eigenvalue weighted by molar-refractivity contribution is 0.601. The van der Waals surface area contributed by atoms with E-state index >= 15 is 0 Å². The van der Waals surface area contributed by atoms with Crippen LogP contribution in [0.25, 0.3) is 0 Å². The van der Waals surface area contributed by atoms with Crippen LogP contribution in [0.4, 0.5) is 5.13 Å². The number of hydrogen-bond donors (Lipinski definition) is 2. The first-order valence-electron chi connectivity index (χ1n) is 5.84. The van der Waals surface area contributed by atoms with Crippen molar-refractivity contribution in [3.63, 3.8) is 0 Å². The number of aromatic nitrogens is 1. The Morgan fingerprint density at radius 2 is 2.00 bits per heavy atom. The summed E-state index contributed by atoms with van der Waals surface area (Å²) in [5, 5.41) is 5.28. The Labute approximate surface area is 116 Å². The predicted molar refractivity (Wildman–Crippen MR) is 76.7 cm³/mol. The van der Waals surface area contributed by atoms with Crippen LogP contribution < -0.4 is 10.0 Å². The Balaban J connectivity index is 2.12. The molecular formula is C12H15N3O2S2. The first kappa shape index (κ1) is 14.0. The highest BCUT2D eigenvalue weighted by atomic mass is 32.2. The van der Waals surface area contributed by atoms with Crippen molar-refractivity contribution in [1.82, 2.24) is 10.3 Å². The number of rotatable bonds is 6. The molecule has 1 aromatic carbocycles. The minimum absolute atomic E-state index is 0.239. The maximum Gasteiger partial charge on any atom is 0.263 e. The number of benzene rings is 1. The lowest BCUT2D eigenvalue weighted by Gasteiger charge is -2.06. The zero-order valence-electron chi connectivity index (χ0n) is 10.5. The maximum atomic E-state index is 12.1. The Morgan fingerprint density at radius 1 is 1.26 bits per heavy atom. The van der Waals surface area contributed by atoms with E-state index in [2.05, 4.69) is 15.0 Å². The van der Waals surface area contributed by atoms with Crippen molar-refractivity contribution in [1.29, 1.82) is 0 Å². The Hall–Kier alpha value is -1.44. The smallest absolute Gasteiger partial charge is 0.263 e. The van der Waals surface area contributed by atoms with Crippen molar-refractivity contribution in [2.24, 2.45) is 0 Å². The van der Waals surface area contributed by atoms with Gasteiger partial charge in [-0.2, -0.15) is 0 Å². The molecule has 7 heteroatoms. The molecule has 0 amide bonds. The summed E-state index contributed by atoms with van der Waals surface area (Å²) in [6, 6.07) is 6.81. The molecule has 1 heterocycles. The summed E-state index contributed by atoms with van der Waals surface area (Å²) in [6.07, 6.45) is 1.56. The van der Waals surface area contributed by atoms with Gasteiger partial charge in [-0.1, -0.05) is 19.1 Å². The van der Waals surface area contributed by atoms with E-state index in [-0.39, 0.29) is 4.90 Å². The summed E-state index contributed by atoms with van der Waals surface area (Å²) < 4.78 is 26.6. The van der Waals surface area contributed by atoms with Gasteiger partial charge in [0.15, 0.2) is 5.13 Å². The van der Waals surface area contributed by atoms with Gasteiger partial charge in [0.05, 0.1) is 4.90 Å². The maximum absolute atomic E-state index is 12.1. The minimum Gasteiger partial charge on any atom is -0.313 e. The van der Waals surface area contributed by atoms with Crippen LogP contribution in [-0.4, -0.2) is 19.9 Å². The average molecular weight is 297 g/mol. The molecule has 0 aliphatic carbocycles. The third-order valence-electron chi connectivity index (χ3n) is 2.47. The molecule has 0 bridgehead atoms. The van der Waals surface area contributed by atoms with E-state index in [0.29, 0.717) is 5.13 Å². The molecule has 5 nitrogen and oxygen atoms in total. The number of nitrogens with one attached hydrogen (secondary N) is 2. The Morgan fingerprint density at radius 3 is 2.58 bits per heavy atom. The highest BCUT2D eigenvalue weighted by molar-refractivity contribution is 7.93. The molecule has 0 aliphatic rings. The molecule has 2 aromatic rings. The molecule has 0 fully saturated rings. The van der Waals surface area contributed by atoms with Crippen molar-refractivity contribution in [2.45, 2.75) is 18.4 Å². The highest BCUT2D eigenvalue weighted by Gasteiger charge is 2.14. The summed E-state index contributed by atoms with van der Waals surface area (Å²) >= 11 is 1.25. The topological polar surface area (TPSA) is 71.1 Å². The van der Waals surface area contributed by atoms with Gasteiger partial charge in [-0.05, 0) is 24.2 Å². The largest absolute Gasteiger partial charge is 0.313 e.